The second kappa shape index (κ2) is 69.5. The first-order valence-corrected chi connectivity index (χ1v) is 34.0. The van der Waals surface area contributed by atoms with E-state index in [-0.39, 0.29) is 37.5 Å². The summed E-state index contributed by atoms with van der Waals surface area (Å²) in [5.74, 6) is -0.963. The van der Waals surface area contributed by atoms with E-state index in [1.807, 2.05) is 0 Å². The Morgan fingerprint density at radius 1 is 0.253 bits per heavy atom. The van der Waals surface area contributed by atoms with Crippen LogP contribution in [-0.2, 0) is 28.6 Å². The second-order valence-electron chi connectivity index (χ2n) is 22.0. The predicted octanol–water partition coefficient (Wildman–Crippen LogP) is 23.7. The Balaban J connectivity index is 4.33. The maximum absolute atomic E-state index is 12.9. The summed E-state index contributed by atoms with van der Waals surface area (Å²) in [6.07, 6.45) is 101. The standard InChI is InChI=1S/C77H124O6/c1-4-7-10-13-16-19-22-25-27-29-31-33-34-35-36-37-38-39-40-41-42-44-45-47-49-52-55-58-61-64-67-70-76(79)82-73-74(72-81-75(78)69-66-63-60-57-54-51-24-21-18-15-12-9-6-3)83-77(80)71-68-65-62-59-56-53-50-48-46-43-32-30-28-26-23-20-17-14-11-8-5-2/h7-8,10-12,15-17,19-21,24-28,31-33,35-36,43,48,50,56,59,74H,4-6,9,13-14,18,22-23,29-30,34,37-42,44-47,49,51-55,57-58,60-73H2,1-3H3/b10-7-,11-8-,15-12-,19-16-,20-17-,24-21-,27-25-,28-26-,33-31-,36-35-,43-32-,50-48-,59-56-. The van der Waals surface area contributed by atoms with Gasteiger partial charge in [0.15, 0.2) is 6.10 Å². The van der Waals surface area contributed by atoms with Crippen molar-refractivity contribution in [1.82, 2.24) is 0 Å². The van der Waals surface area contributed by atoms with Gasteiger partial charge in [-0.3, -0.25) is 14.4 Å². The fourth-order valence-electron chi connectivity index (χ4n) is 8.98. The first-order valence-electron chi connectivity index (χ1n) is 34.0. The zero-order chi connectivity index (χ0) is 59.9. The van der Waals surface area contributed by atoms with Gasteiger partial charge in [-0.1, -0.05) is 288 Å². The molecule has 0 aromatic rings. The maximum Gasteiger partial charge on any atom is 0.306 e. The Morgan fingerprint density at radius 3 is 0.759 bits per heavy atom. The molecule has 0 aromatic heterocycles. The lowest BCUT2D eigenvalue weighted by Gasteiger charge is -2.18. The van der Waals surface area contributed by atoms with Crippen molar-refractivity contribution in [2.24, 2.45) is 0 Å². The number of allylic oxidation sites excluding steroid dienone is 26. The molecule has 6 nitrogen and oxygen atoms in total. The zero-order valence-corrected chi connectivity index (χ0v) is 53.7. The molecule has 0 amide bonds. The monoisotopic (exact) mass is 1140 g/mol. The molecule has 0 aromatic carbocycles. The number of carbonyl (C=O) groups excluding carboxylic acids is 3. The highest BCUT2D eigenvalue weighted by Crippen LogP contribution is 2.16. The summed E-state index contributed by atoms with van der Waals surface area (Å²) in [6, 6.07) is 0. The van der Waals surface area contributed by atoms with Gasteiger partial charge in [0, 0.05) is 19.3 Å². The fraction of sp³-hybridized carbons (Fsp3) is 0.623. The van der Waals surface area contributed by atoms with Gasteiger partial charge in [0.1, 0.15) is 13.2 Å². The number of unbranched alkanes of at least 4 members (excludes halogenated alkanes) is 23. The van der Waals surface area contributed by atoms with Crippen molar-refractivity contribution in [3.05, 3.63) is 158 Å². The molecule has 0 radical (unpaired) electrons. The normalized spacial score (nSPS) is 13.1. The van der Waals surface area contributed by atoms with Crippen LogP contribution < -0.4 is 0 Å². The molecule has 0 saturated heterocycles. The van der Waals surface area contributed by atoms with Gasteiger partial charge in [-0.05, 0) is 141 Å². The molecular weight excluding hydrogens is 1020 g/mol. The van der Waals surface area contributed by atoms with E-state index in [0.29, 0.717) is 19.3 Å². The molecule has 83 heavy (non-hydrogen) atoms. The van der Waals surface area contributed by atoms with Crippen molar-refractivity contribution in [3.8, 4) is 0 Å². The van der Waals surface area contributed by atoms with Gasteiger partial charge in [-0.15, -0.1) is 0 Å². The van der Waals surface area contributed by atoms with Gasteiger partial charge in [0.25, 0.3) is 0 Å². The predicted molar refractivity (Wildman–Crippen MR) is 362 cm³/mol. The van der Waals surface area contributed by atoms with Gasteiger partial charge in [0.2, 0.25) is 0 Å². The van der Waals surface area contributed by atoms with Crippen LogP contribution in [0.2, 0.25) is 0 Å². The SMILES string of the molecule is CC/C=C\C/C=C\C/C=C\C/C=C\C/C=C\C/C=C\CCCCC(=O)OC(COC(=O)CCCCCCC/C=C\C/C=C\CCC)COC(=O)CCCCCCCCCCCCCCCCC/C=C\C/C=C\C/C=C\C/C=C\C/C=C\CC. The lowest BCUT2D eigenvalue weighted by molar-refractivity contribution is -0.167. The second-order valence-corrected chi connectivity index (χ2v) is 22.0. The molecule has 0 bridgehead atoms. The highest BCUT2D eigenvalue weighted by molar-refractivity contribution is 5.71. The van der Waals surface area contributed by atoms with E-state index >= 15 is 0 Å². The van der Waals surface area contributed by atoms with Gasteiger partial charge in [0.05, 0.1) is 0 Å². The first kappa shape index (κ1) is 78.0. The first-order chi connectivity index (χ1) is 41.0. The van der Waals surface area contributed by atoms with Crippen molar-refractivity contribution in [1.29, 1.82) is 0 Å². The maximum atomic E-state index is 12.9. The van der Waals surface area contributed by atoms with Crippen molar-refractivity contribution in [2.75, 3.05) is 13.2 Å². The van der Waals surface area contributed by atoms with Crippen LogP contribution in [0.4, 0.5) is 0 Å². The summed E-state index contributed by atoms with van der Waals surface area (Å²) in [4.78, 5) is 38.4. The highest BCUT2D eigenvalue weighted by Gasteiger charge is 2.19. The molecule has 0 aliphatic carbocycles. The molecule has 0 N–H and O–H groups in total. The van der Waals surface area contributed by atoms with Crippen LogP contribution in [0.3, 0.4) is 0 Å². The molecule has 0 aliphatic heterocycles. The van der Waals surface area contributed by atoms with Crippen LogP contribution in [0.5, 0.6) is 0 Å². The largest absolute Gasteiger partial charge is 0.462 e. The molecule has 1 unspecified atom stereocenters. The van der Waals surface area contributed by atoms with E-state index in [1.54, 1.807) is 0 Å². The lowest BCUT2D eigenvalue weighted by Crippen LogP contribution is -2.30. The summed E-state index contributed by atoms with van der Waals surface area (Å²) in [7, 11) is 0. The third-order valence-electron chi connectivity index (χ3n) is 14.0. The van der Waals surface area contributed by atoms with E-state index in [0.717, 1.165) is 154 Å². The topological polar surface area (TPSA) is 78.9 Å². The van der Waals surface area contributed by atoms with Gasteiger partial charge in [-0.25, -0.2) is 0 Å². The third kappa shape index (κ3) is 67.7. The quantitative estimate of drug-likeness (QED) is 0.0261. The van der Waals surface area contributed by atoms with Crippen LogP contribution in [0, 0.1) is 0 Å². The van der Waals surface area contributed by atoms with Crippen LogP contribution in [-0.4, -0.2) is 37.2 Å². The lowest BCUT2D eigenvalue weighted by atomic mass is 10.0. The Bertz CT molecular complexity index is 1840. The van der Waals surface area contributed by atoms with Crippen LogP contribution >= 0.6 is 0 Å². The number of carbonyl (C=O) groups is 3. The average molecular weight is 1150 g/mol. The van der Waals surface area contributed by atoms with Crippen LogP contribution in [0.1, 0.15) is 290 Å². The van der Waals surface area contributed by atoms with E-state index < -0.39 is 6.10 Å². The minimum atomic E-state index is -0.815. The van der Waals surface area contributed by atoms with Crippen molar-refractivity contribution < 1.29 is 28.6 Å². The number of rotatable bonds is 60. The van der Waals surface area contributed by atoms with Crippen molar-refractivity contribution in [3.63, 3.8) is 0 Å². The van der Waals surface area contributed by atoms with E-state index in [2.05, 4.69) is 179 Å². The molecule has 6 heteroatoms. The Labute approximate surface area is 511 Å². The third-order valence-corrected chi connectivity index (χ3v) is 14.0. The van der Waals surface area contributed by atoms with Crippen LogP contribution in [0.15, 0.2) is 158 Å². The summed E-state index contributed by atoms with van der Waals surface area (Å²) >= 11 is 0. The Hall–Kier alpha value is -4.97. The molecule has 0 heterocycles. The summed E-state index contributed by atoms with van der Waals surface area (Å²) < 4.78 is 16.9. The minimum Gasteiger partial charge on any atom is -0.462 e. The molecule has 0 saturated carbocycles. The number of ether oxygens (including phenoxy) is 3. The van der Waals surface area contributed by atoms with Gasteiger partial charge in [-0.2, -0.15) is 0 Å². The smallest absolute Gasteiger partial charge is 0.306 e. The molecule has 1 atom stereocenters. The molecule has 0 spiro atoms. The van der Waals surface area contributed by atoms with E-state index in [1.165, 1.54) is 89.9 Å². The highest BCUT2D eigenvalue weighted by atomic mass is 16.6. The molecule has 468 valence electrons. The zero-order valence-electron chi connectivity index (χ0n) is 53.7. The summed E-state index contributed by atoms with van der Waals surface area (Å²) in [6.45, 7) is 6.31. The molecule has 0 aliphatic rings. The van der Waals surface area contributed by atoms with Gasteiger partial charge >= 0.3 is 17.9 Å². The molecule has 0 rings (SSSR count). The minimum absolute atomic E-state index is 0.105. The Morgan fingerprint density at radius 2 is 0.470 bits per heavy atom. The molecular formula is C77H124O6. The number of hydrogen-bond acceptors (Lipinski definition) is 6. The average Bonchev–Trinajstić information content (AvgIpc) is 3.49. The van der Waals surface area contributed by atoms with Crippen molar-refractivity contribution in [2.45, 2.75) is 297 Å². The number of esters is 3. The number of hydrogen-bond donors (Lipinski definition) is 0. The van der Waals surface area contributed by atoms with E-state index in [9.17, 15) is 14.4 Å². The fourth-order valence-corrected chi connectivity index (χ4v) is 8.98. The van der Waals surface area contributed by atoms with E-state index in [4.69, 9.17) is 14.2 Å². The van der Waals surface area contributed by atoms with Crippen LogP contribution in [0.25, 0.3) is 0 Å². The van der Waals surface area contributed by atoms with Crippen molar-refractivity contribution >= 4 is 17.9 Å². The van der Waals surface area contributed by atoms with Gasteiger partial charge < -0.3 is 14.2 Å². The Kier molecular flexibility index (Phi) is 65.4. The summed E-state index contributed by atoms with van der Waals surface area (Å²) in [5.41, 5.74) is 0. The molecule has 0 fully saturated rings. The summed E-state index contributed by atoms with van der Waals surface area (Å²) in [5, 5.41) is 0.